The normalized spacial score (nSPS) is 11.2. The minimum Gasteiger partial charge on any atom is -0.377 e. The number of rotatable bonds is 11. The van der Waals surface area contributed by atoms with Gasteiger partial charge < -0.3 is 10.1 Å². The van der Waals surface area contributed by atoms with E-state index in [0.29, 0.717) is 6.61 Å². The number of hydrogen-bond donors (Lipinski definition) is 1. The van der Waals surface area contributed by atoms with Crippen LogP contribution in [0.4, 0.5) is 0 Å². The van der Waals surface area contributed by atoms with Gasteiger partial charge in [-0.25, -0.2) is 0 Å². The molecule has 0 radical (unpaired) electrons. The zero-order valence-electron chi connectivity index (χ0n) is 12.8. The fourth-order valence-corrected chi connectivity index (χ4v) is 2.10. The molecule has 0 aromatic heterocycles. The monoisotopic (exact) mass is 297 g/mol. The van der Waals surface area contributed by atoms with E-state index in [4.69, 9.17) is 16.3 Å². The lowest BCUT2D eigenvalue weighted by molar-refractivity contribution is 0.116. The molecule has 1 N–H and O–H groups in total. The van der Waals surface area contributed by atoms with Crippen LogP contribution in [0.25, 0.3) is 0 Å². The summed E-state index contributed by atoms with van der Waals surface area (Å²) >= 11 is 5.84. The molecule has 0 spiro atoms. The molecule has 0 saturated heterocycles. The average molecular weight is 298 g/mol. The van der Waals surface area contributed by atoms with Crippen molar-refractivity contribution in [3.63, 3.8) is 0 Å². The van der Waals surface area contributed by atoms with Crippen LogP contribution in [-0.2, 0) is 11.3 Å². The fourth-order valence-electron chi connectivity index (χ4n) is 1.97. The van der Waals surface area contributed by atoms with Crippen molar-refractivity contribution in [1.29, 1.82) is 0 Å². The molecule has 0 heterocycles. The third-order valence-corrected chi connectivity index (χ3v) is 3.38. The minimum atomic E-state index is 0.688. The smallest absolute Gasteiger partial charge is 0.0716 e. The maximum absolute atomic E-state index is 5.84. The van der Waals surface area contributed by atoms with Crippen LogP contribution in [0.3, 0.4) is 0 Å². The van der Waals surface area contributed by atoms with E-state index in [9.17, 15) is 0 Å². The Bertz CT molecular complexity index is 337. The number of nitrogens with one attached hydrogen (secondary N) is 1. The summed E-state index contributed by atoms with van der Waals surface area (Å²) in [5.41, 5.74) is 1.19. The van der Waals surface area contributed by atoms with Gasteiger partial charge in [-0.05, 0) is 49.5 Å². The molecule has 0 aliphatic carbocycles. The van der Waals surface area contributed by atoms with Crippen LogP contribution >= 0.6 is 11.6 Å². The van der Waals surface area contributed by atoms with Gasteiger partial charge in [0.2, 0.25) is 0 Å². The van der Waals surface area contributed by atoms with E-state index in [2.05, 4.69) is 19.2 Å². The van der Waals surface area contributed by atoms with E-state index < -0.39 is 0 Å². The average Bonchev–Trinajstić information content (AvgIpc) is 2.42. The van der Waals surface area contributed by atoms with Gasteiger partial charge in [-0.2, -0.15) is 0 Å². The van der Waals surface area contributed by atoms with Crippen LogP contribution < -0.4 is 5.32 Å². The second-order valence-corrected chi connectivity index (χ2v) is 6.13. The van der Waals surface area contributed by atoms with Gasteiger partial charge in [0.25, 0.3) is 0 Å². The molecule has 0 unspecified atom stereocenters. The van der Waals surface area contributed by atoms with Gasteiger partial charge in [0, 0.05) is 11.6 Å². The Labute approximate surface area is 128 Å². The molecule has 0 bridgehead atoms. The molecule has 0 amide bonds. The summed E-state index contributed by atoms with van der Waals surface area (Å²) in [5.74, 6) is 0.747. The van der Waals surface area contributed by atoms with Crippen LogP contribution in [0.5, 0.6) is 0 Å². The maximum atomic E-state index is 5.84. The van der Waals surface area contributed by atoms with Gasteiger partial charge in [-0.3, -0.25) is 0 Å². The largest absolute Gasteiger partial charge is 0.377 e. The van der Waals surface area contributed by atoms with Crippen molar-refractivity contribution >= 4 is 11.6 Å². The lowest BCUT2D eigenvalue weighted by atomic mass is 10.2. The van der Waals surface area contributed by atoms with Crippen molar-refractivity contribution in [2.75, 3.05) is 19.7 Å². The quantitative estimate of drug-likeness (QED) is 0.600. The molecule has 20 heavy (non-hydrogen) atoms. The summed E-state index contributed by atoms with van der Waals surface area (Å²) < 4.78 is 5.66. The van der Waals surface area contributed by atoms with Crippen molar-refractivity contribution in [3.8, 4) is 0 Å². The molecule has 1 aromatic rings. The van der Waals surface area contributed by atoms with Crippen molar-refractivity contribution in [3.05, 3.63) is 34.9 Å². The molecule has 0 atom stereocenters. The van der Waals surface area contributed by atoms with E-state index in [0.717, 1.165) is 37.1 Å². The molecule has 3 heteroatoms. The Balaban J connectivity index is 1.86. The molecule has 1 rings (SSSR count). The maximum Gasteiger partial charge on any atom is 0.0716 e. The standard InChI is InChI=1S/C17H28ClNO/c1-15(2)13-19-11-5-3-4-6-12-20-14-16-7-9-17(18)10-8-16/h7-10,15,19H,3-6,11-14H2,1-2H3. The van der Waals surface area contributed by atoms with Gasteiger partial charge in [0.1, 0.15) is 0 Å². The number of hydrogen-bond acceptors (Lipinski definition) is 2. The Morgan fingerprint density at radius 3 is 2.45 bits per heavy atom. The van der Waals surface area contributed by atoms with E-state index in [-0.39, 0.29) is 0 Å². The third kappa shape index (κ3) is 9.35. The van der Waals surface area contributed by atoms with E-state index in [1.54, 1.807) is 0 Å². The zero-order chi connectivity index (χ0) is 14.6. The van der Waals surface area contributed by atoms with Crippen LogP contribution in [0.15, 0.2) is 24.3 Å². The van der Waals surface area contributed by atoms with Crippen LogP contribution in [0.1, 0.15) is 45.1 Å². The molecule has 2 nitrogen and oxygen atoms in total. The summed E-state index contributed by atoms with van der Waals surface area (Å²) in [6.07, 6.45) is 4.96. The lowest BCUT2D eigenvalue weighted by Crippen LogP contribution is -2.20. The van der Waals surface area contributed by atoms with Gasteiger partial charge in [-0.1, -0.05) is 50.4 Å². The highest BCUT2D eigenvalue weighted by Crippen LogP contribution is 2.10. The summed E-state index contributed by atoms with van der Waals surface area (Å²) in [6, 6.07) is 7.85. The first kappa shape index (κ1) is 17.5. The van der Waals surface area contributed by atoms with Crippen LogP contribution in [-0.4, -0.2) is 19.7 Å². The summed E-state index contributed by atoms with van der Waals surface area (Å²) in [7, 11) is 0. The Hall–Kier alpha value is -0.570. The van der Waals surface area contributed by atoms with Gasteiger partial charge >= 0.3 is 0 Å². The SMILES string of the molecule is CC(C)CNCCCCCCOCc1ccc(Cl)cc1. The van der Waals surface area contributed by atoms with Crippen LogP contribution in [0, 0.1) is 5.92 Å². The molecule has 0 aliphatic heterocycles. The minimum absolute atomic E-state index is 0.688. The lowest BCUT2D eigenvalue weighted by Gasteiger charge is -2.07. The van der Waals surface area contributed by atoms with Crippen molar-refractivity contribution < 1.29 is 4.74 Å². The third-order valence-electron chi connectivity index (χ3n) is 3.13. The zero-order valence-corrected chi connectivity index (χ0v) is 13.6. The Morgan fingerprint density at radius 1 is 1.05 bits per heavy atom. The number of ether oxygens (including phenoxy) is 1. The predicted octanol–water partition coefficient (Wildman–Crippen LogP) is 4.66. The van der Waals surface area contributed by atoms with Gasteiger partial charge in [0.05, 0.1) is 6.61 Å². The van der Waals surface area contributed by atoms with Gasteiger partial charge in [-0.15, -0.1) is 0 Å². The number of benzene rings is 1. The van der Waals surface area contributed by atoms with Gasteiger partial charge in [0.15, 0.2) is 0 Å². The molecule has 0 saturated carbocycles. The van der Waals surface area contributed by atoms with Crippen LogP contribution in [0.2, 0.25) is 5.02 Å². The summed E-state index contributed by atoms with van der Waals surface area (Å²) in [6.45, 7) is 8.29. The second kappa shape index (κ2) is 11.1. The highest BCUT2D eigenvalue weighted by atomic mass is 35.5. The van der Waals surface area contributed by atoms with E-state index >= 15 is 0 Å². The van der Waals surface area contributed by atoms with E-state index in [1.807, 2.05) is 24.3 Å². The van der Waals surface area contributed by atoms with E-state index in [1.165, 1.54) is 24.8 Å². The molecule has 114 valence electrons. The number of halogens is 1. The first-order valence-electron chi connectivity index (χ1n) is 7.71. The van der Waals surface area contributed by atoms with Crippen molar-refractivity contribution in [2.45, 2.75) is 46.1 Å². The van der Waals surface area contributed by atoms with Crippen molar-refractivity contribution in [1.82, 2.24) is 5.32 Å². The molecular formula is C17H28ClNO. The topological polar surface area (TPSA) is 21.3 Å². The highest BCUT2D eigenvalue weighted by molar-refractivity contribution is 6.30. The second-order valence-electron chi connectivity index (χ2n) is 5.69. The first-order valence-corrected chi connectivity index (χ1v) is 8.09. The molecular weight excluding hydrogens is 270 g/mol. The fraction of sp³-hybridized carbons (Fsp3) is 0.647. The predicted molar refractivity (Wildman–Crippen MR) is 87.3 cm³/mol. The Morgan fingerprint density at radius 2 is 1.75 bits per heavy atom. The Kier molecular flexibility index (Phi) is 9.73. The molecule has 0 aliphatic rings. The summed E-state index contributed by atoms with van der Waals surface area (Å²) in [5, 5.41) is 4.25. The molecule has 1 aromatic carbocycles. The number of unbranched alkanes of at least 4 members (excludes halogenated alkanes) is 3. The summed E-state index contributed by atoms with van der Waals surface area (Å²) in [4.78, 5) is 0. The first-order chi connectivity index (χ1) is 9.68. The van der Waals surface area contributed by atoms with Crippen molar-refractivity contribution in [2.24, 2.45) is 5.92 Å². The highest BCUT2D eigenvalue weighted by Gasteiger charge is 1.95. The molecule has 0 fully saturated rings.